The van der Waals surface area contributed by atoms with Gasteiger partial charge < -0.3 is 19.2 Å². The highest BCUT2D eigenvalue weighted by atomic mass is 16.7. The summed E-state index contributed by atoms with van der Waals surface area (Å²) in [7, 11) is 0. The monoisotopic (exact) mass is 589 g/mol. The van der Waals surface area contributed by atoms with Gasteiger partial charge in [0, 0.05) is 43.2 Å². The molecule has 1 fully saturated rings. The first-order chi connectivity index (χ1) is 20.4. The van der Waals surface area contributed by atoms with E-state index < -0.39 is 28.9 Å². The van der Waals surface area contributed by atoms with Crippen LogP contribution in [0.25, 0.3) is 22.1 Å². The van der Waals surface area contributed by atoms with E-state index in [0.29, 0.717) is 47.4 Å². The molecule has 0 bridgehead atoms. The molecule has 5 rings (SSSR count). The molecule has 1 aromatic carbocycles. The molecular formula is C29H31N7O7. The van der Waals surface area contributed by atoms with Crippen LogP contribution in [-0.4, -0.2) is 55.1 Å². The third-order valence-electron chi connectivity index (χ3n) is 7.06. The van der Waals surface area contributed by atoms with E-state index in [9.17, 15) is 25.0 Å². The lowest BCUT2D eigenvalue weighted by molar-refractivity contribution is -0.384. The maximum Gasteiger partial charge on any atom is 0.514 e. The summed E-state index contributed by atoms with van der Waals surface area (Å²) in [4.78, 5) is 45.3. The van der Waals surface area contributed by atoms with Crippen molar-refractivity contribution in [1.82, 2.24) is 19.2 Å². The summed E-state index contributed by atoms with van der Waals surface area (Å²) >= 11 is 0. The number of carbonyl (C=O) groups excluding carboxylic acids is 2. The second kappa shape index (κ2) is 11.6. The molecule has 14 nitrogen and oxygen atoms in total. The topological polar surface area (TPSA) is 168 Å². The lowest BCUT2D eigenvalue weighted by Crippen LogP contribution is -2.43. The maximum absolute atomic E-state index is 12.9. The minimum absolute atomic E-state index is 0.0882. The first-order valence-corrected chi connectivity index (χ1v) is 13.8. The van der Waals surface area contributed by atoms with Crippen LogP contribution in [0.1, 0.15) is 58.9 Å². The second-order valence-electron chi connectivity index (χ2n) is 11.3. The van der Waals surface area contributed by atoms with Crippen molar-refractivity contribution < 1.29 is 28.7 Å². The summed E-state index contributed by atoms with van der Waals surface area (Å²) in [5.41, 5.74) is 0.765. The number of nitro groups is 1. The number of piperidine rings is 1. The Kier molecular flexibility index (Phi) is 7.90. The number of nitriles is 1. The highest BCUT2D eigenvalue weighted by Crippen LogP contribution is 2.32. The summed E-state index contributed by atoms with van der Waals surface area (Å²) in [6.07, 6.45) is 2.76. The van der Waals surface area contributed by atoms with E-state index in [0.717, 1.165) is 12.8 Å². The second-order valence-corrected chi connectivity index (χ2v) is 11.3. The molecule has 43 heavy (non-hydrogen) atoms. The zero-order valence-corrected chi connectivity index (χ0v) is 24.2. The Morgan fingerprint density at radius 3 is 2.51 bits per heavy atom. The lowest BCUT2D eigenvalue weighted by atomic mass is 9.95. The smallest absolute Gasteiger partial charge is 0.443 e. The Labute approximate surface area is 246 Å². The molecule has 224 valence electrons. The van der Waals surface area contributed by atoms with Crippen molar-refractivity contribution in [3.8, 4) is 11.8 Å². The summed E-state index contributed by atoms with van der Waals surface area (Å²) in [5, 5.41) is 22.8. The van der Waals surface area contributed by atoms with Crippen LogP contribution in [-0.2, 0) is 9.47 Å². The molecule has 4 heterocycles. The van der Waals surface area contributed by atoms with Gasteiger partial charge in [0.2, 0.25) is 0 Å². The minimum atomic E-state index is -1.01. The molecule has 1 aliphatic rings. The molecule has 0 radical (unpaired) electrons. The van der Waals surface area contributed by atoms with E-state index in [2.05, 4.69) is 16.1 Å². The molecule has 3 aromatic heterocycles. The zero-order valence-electron chi connectivity index (χ0n) is 24.2. The van der Waals surface area contributed by atoms with Gasteiger partial charge in [-0.25, -0.2) is 28.8 Å². The molecule has 0 aliphatic carbocycles. The largest absolute Gasteiger partial charge is 0.514 e. The van der Waals surface area contributed by atoms with Crippen molar-refractivity contribution >= 4 is 40.0 Å². The Balaban J connectivity index is 1.50. The number of hydrogen-bond acceptors (Lipinski definition) is 11. The van der Waals surface area contributed by atoms with Crippen LogP contribution in [0.2, 0.25) is 0 Å². The number of nitro benzene ring substituents is 1. The fraction of sp³-hybridized carbons (Fsp3) is 0.414. The summed E-state index contributed by atoms with van der Waals surface area (Å²) < 4.78 is 19.6. The molecule has 1 aliphatic heterocycles. The predicted octanol–water partition coefficient (Wildman–Crippen LogP) is 5.62. The minimum Gasteiger partial charge on any atom is -0.443 e. The number of hydrogen-bond donors (Lipinski definition) is 0. The van der Waals surface area contributed by atoms with Gasteiger partial charge in [0.25, 0.3) is 5.69 Å². The predicted molar refractivity (Wildman–Crippen MR) is 154 cm³/mol. The van der Waals surface area contributed by atoms with Crippen LogP contribution < -0.4 is 9.75 Å². The number of non-ortho nitro benzene ring substituents is 1. The lowest BCUT2D eigenvalue weighted by Gasteiger charge is -2.35. The number of rotatable bonds is 6. The van der Waals surface area contributed by atoms with Crippen molar-refractivity contribution in [3.05, 3.63) is 58.7 Å². The number of aromatic nitrogens is 4. The summed E-state index contributed by atoms with van der Waals surface area (Å²) in [6, 6.07) is 9.09. The average molecular weight is 590 g/mol. The Morgan fingerprint density at radius 1 is 1.19 bits per heavy atom. The van der Waals surface area contributed by atoms with Crippen molar-refractivity contribution in [2.45, 2.75) is 58.7 Å². The van der Waals surface area contributed by atoms with Gasteiger partial charge >= 0.3 is 12.2 Å². The molecule has 14 heteroatoms. The highest BCUT2D eigenvalue weighted by Gasteiger charge is 2.29. The van der Waals surface area contributed by atoms with Gasteiger partial charge in [-0.15, -0.1) is 0 Å². The number of pyridine rings is 1. The zero-order chi connectivity index (χ0) is 30.9. The average Bonchev–Trinajstić information content (AvgIpc) is 3.55. The van der Waals surface area contributed by atoms with Gasteiger partial charge in [-0.05, 0) is 64.7 Å². The van der Waals surface area contributed by atoms with Gasteiger partial charge in [-0.3, -0.25) is 10.1 Å². The Hall–Kier alpha value is -5.19. The normalized spacial score (nSPS) is 14.8. The molecule has 0 amide bonds. The van der Waals surface area contributed by atoms with Crippen LogP contribution in [0.4, 0.5) is 15.3 Å². The molecule has 1 saturated heterocycles. The van der Waals surface area contributed by atoms with E-state index in [1.54, 1.807) is 46.2 Å². The number of ether oxygens (including phenoxy) is 3. The van der Waals surface area contributed by atoms with Crippen molar-refractivity contribution in [2.75, 3.05) is 18.1 Å². The fourth-order valence-corrected chi connectivity index (χ4v) is 5.07. The number of nitrogens with zero attached hydrogens (tertiary/aromatic N) is 7. The molecule has 0 spiro atoms. The van der Waals surface area contributed by atoms with Crippen molar-refractivity contribution in [3.63, 3.8) is 0 Å². The van der Waals surface area contributed by atoms with E-state index >= 15 is 0 Å². The quantitative estimate of drug-likeness (QED) is 0.118. The first kappa shape index (κ1) is 29.3. The highest BCUT2D eigenvalue weighted by molar-refractivity contribution is 6.04. The van der Waals surface area contributed by atoms with Gasteiger partial charge in [0.1, 0.15) is 22.4 Å². The van der Waals surface area contributed by atoms with E-state index in [-0.39, 0.29) is 17.4 Å². The SMILES string of the molecule is C[C@@H](OC(=O)Oc1ccc([N+](=O)[O-])cc1)c1nc2cnc3c(ccn3C(=O)OC(C)(C)C)c2n1N1CCC(CC#N)CC1. The third-order valence-corrected chi connectivity index (χ3v) is 7.06. The van der Waals surface area contributed by atoms with E-state index in [1.807, 2.05) is 4.68 Å². The number of carbonyl (C=O) groups is 2. The van der Waals surface area contributed by atoms with E-state index in [4.69, 9.17) is 19.2 Å². The molecule has 0 unspecified atom stereocenters. The van der Waals surface area contributed by atoms with Crippen molar-refractivity contribution in [1.29, 1.82) is 5.26 Å². The van der Waals surface area contributed by atoms with Gasteiger partial charge in [0.05, 0.1) is 17.2 Å². The third kappa shape index (κ3) is 6.20. The Bertz CT molecular complexity index is 1720. The van der Waals surface area contributed by atoms with Crippen molar-refractivity contribution in [2.24, 2.45) is 5.92 Å². The molecule has 1 atom stereocenters. The summed E-state index contributed by atoms with van der Waals surface area (Å²) in [5.74, 6) is 0.777. The van der Waals surface area contributed by atoms with Gasteiger partial charge in [0.15, 0.2) is 17.6 Å². The van der Waals surface area contributed by atoms with Gasteiger partial charge in [-0.1, -0.05) is 0 Å². The maximum atomic E-state index is 12.9. The fourth-order valence-electron chi connectivity index (χ4n) is 5.07. The first-order valence-electron chi connectivity index (χ1n) is 13.8. The van der Waals surface area contributed by atoms with Crippen LogP contribution in [0, 0.1) is 27.4 Å². The standard InChI is InChI=1S/C29H31N7O7/c1-18(41-28(38)42-21-7-5-20(6-8-21)36(39)40)25-32-23-17-31-26-22(12-16-34(26)27(37)43-29(2,3)4)24(23)35(25)33-14-10-19(9-13-30)11-15-33/h5-8,12,16-19H,9-11,14-15H2,1-4H3/t18-/m1/s1. The Morgan fingerprint density at radius 2 is 1.88 bits per heavy atom. The molecule has 0 saturated carbocycles. The number of benzene rings is 1. The van der Waals surface area contributed by atoms with Crippen LogP contribution in [0.5, 0.6) is 5.75 Å². The number of imidazole rings is 1. The van der Waals surface area contributed by atoms with Gasteiger partial charge in [-0.2, -0.15) is 5.26 Å². The molecule has 4 aromatic rings. The number of fused-ring (bicyclic) bond motifs is 3. The molecular weight excluding hydrogens is 558 g/mol. The summed E-state index contributed by atoms with van der Waals surface area (Å²) in [6.45, 7) is 8.27. The molecule has 0 N–H and O–H groups in total. The van der Waals surface area contributed by atoms with Crippen LogP contribution >= 0.6 is 0 Å². The van der Waals surface area contributed by atoms with E-state index in [1.165, 1.54) is 28.8 Å². The van der Waals surface area contributed by atoms with Crippen LogP contribution in [0.3, 0.4) is 0 Å². The van der Waals surface area contributed by atoms with Crippen LogP contribution in [0.15, 0.2) is 42.7 Å².